The van der Waals surface area contributed by atoms with E-state index in [9.17, 15) is 4.79 Å². The molecule has 0 aliphatic carbocycles. The van der Waals surface area contributed by atoms with Crippen molar-refractivity contribution in [1.82, 2.24) is 29.9 Å². The van der Waals surface area contributed by atoms with Crippen LogP contribution in [0.5, 0.6) is 0 Å². The number of carbonyl (C=O) groups excluding carboxylic acids is 1. The van der Waals surface area contributed by atoms with Gasteiger partial charge in [-0.3, -0.25) is 9.78 Å². The summed E-state index contributed by atoms with van der Waals surface area (Å²) in [6, 6.07) is 11.3. The number of nitrogens with zero attached hydrogens (tertiary/aromatic N) is 6. The predicted octanol–water partition coefficient (Wildman–Crippen LogP) is 3.69. The summed E-state index contributed by atoms with van der Waals surface area (Å²) in [5, 5.41) is 15.7. The number of anilines is 1. The van der Waals surface area contributed by atoms with E-state index in [2.05, 4.69) is 35.2 Å². The standard InChI is InChI=1S/C23H23N7O2/c31-20(8-9-21-26-22(29-32-21)16-10-12-24-13-11-16)25-18-6-4-5-17(15-18)23-28-27-19-7-2-1-3-14-30(19)23/h4-6,10-13,15H,1-3,7-9,14H2,(H,25,31). The Balaban J connectivity index is 1.22. The van der Waals surface area contributed by atoms with Gasteiger partial charge in [0, 0.05) is 55.0 Å². The Labute approximate surface area is 184 Å². The van der Waals surface area contributed by atoms with Crippen LogP contribution in [0.2, 0.25) is 0 Å². The number of fused-ring (bicyclic) bond motifs is 1. The second-order valence-electron chi connectivity index (χ2n) is 7.78. The van der Waals surface area contributed by atoms with Gasteiger partial charge in [0.05, 0.1) is 0 Å². The van der Waals surface area contributed by atoms with Gasteiger partial charge in [-0.2, -0.15) is 4.98 Å². The molecule has 0 bridgehead atoms. The third-order valence-corrected chi connectivity index (χ3v) is 5.49. The van der Waals surface area contributed by atoms with Crippen LogP contribution in [-0.4, -0.2) is 35.8 Å². The van der Waals surface area contributed by atoms with Gasteiger partial charge >= 0.3 is 0 Å². The zero-order chi connectivity index (χ0) is 21.8. The van der Waals surface area contributed by atoms with Crippen molar-refractivity contribution in [2.75, 3.05) is 5.32 Å². The molecule has 0 radical (unpaired) electrons. The molecule has 0 saturated carbocycles. The number of hydrogen-bond donors (Lipinski definition) is 1. The Morgan fingerprint density at radius 3 is 2.88 bits per heavy atom. The molecule has 162 valence electrons. The lowest BCUT2D eigenvalue weighted by Crippen LogP contribution is -2.12. The molecular weight excluding hydrogens is 406 g/mol. The summed E-state index contributed by atoms with van der Waals surface area (Å²) >= 11 is 0. The SMILES string of the molecule is O=C(CCc1nc(-c2ccncc2)no1)Nc1cccc(-c2nnc3n2CCCCC3)c1. The number of benzene rings is 1. The van der Waals surface area contributed by atoms with Crippen molar-refractivity contribution < 1.29 is 9.32 Å². The van der Waals surface area contributed by atoms with E-state index in [-0.39, 0.29) is 12.3 Å². The highest BCUT2D eigenvalue weighted by Gasteiger charge is 2.17. The number of pyridine rings is 1. The van der Waals surface area contributed by atoms with Crippen LogP contribution in [0.4, 0.5) is 5.69 Å². The largest absolute Gasteiger partial charge is 0.339 e. The van der Waals surface area contributed by atoms with Crippen molar-refractivity contribution in [2.45, 2.75) is 45.1 Å². The van der Waals surface area contributed by atoms with Crippen LogP contribution in [0.1, 0.15) is 37.4 Å². The highest BCUT2D eigenvalue weighted by atomic mass is 16.5. The number of carbonyl (C=O) groups is 1. The van der Waals surface area contributed by atoms with Gasteiger partial charge < -0.3 is 14.4 Å². The Hall–Kier alpha value is -3.88. The van der Waals surface area contributed by atoms with Crippen molar-refractivity contribution in [1.29, 1.82) is 0 Å². The molecule has 32 heavy (non-hydrogen) atoms. The Morgan fingerprint density at radius 1 is 1.06 bits per heavy atom. The molecule has 4 heterocycles. The summed E-state index contributed by atoms with van der Waals surface area (Å²) in [7, 11) is 0. The van der Waals surface area contributed by atoms with Gasteiger partial charge in [-0.25, -0.2) is 0 Å². The van der Waals surface area contributed by atoms with E-state index in [0.717, 1.165) is 54.3 Å². The summed E-state index contributed by atoms with van der Waals surface area (Å²) in [5.41, 5.74) is 2.49. The molecule has 4 aromatic rings. The first-order valence-corrected chi connectivity index (χ1v) is 10.8. The minimum atomic E-state index is -0.120. The number of aryl methyl sites for hydroxylation is 2. The lowest BCUT2D eigenvalue weighted by atomic mass is 10.1. The fourth-order valence-electron chi connectivity index (χ4n) is 3.85. The van der Waals surface area contributed by atoms with Crippen molar-refractivity contribution in [2.24, 2.45) is 0 Å². The molecule has 9 nitrogen and oxygen atoms in total. The van der Waals surface area contributed by atoms with Crippen LogP contribution >= 0.6 is 0 Å². The van der Waals surface area contributed by atoms with Crippen molar-refractivity contribution >= 4 is 11.6 Å². The maximum absolute atomic E-state index is 12.5. The molecule has 0 unspecified atom stereocenters. The first-order chi connectivity index (χ1) is 15.8. The predicted molar refractivity (Wildman–Crippen MR) is 117 cm³/mol. The van der Waals surface area contributed by atoms with Crippen LogP contribution in [0.15, 0.2) is 53.3 Å². The molecule has 0 spiro atoms. The highest BCUT2D eigenvalue weighted by molar-refractivity contribution is 5.91. The average Bonchev–Trinajstić information content (AvgIpc) is 3.40. The van der Waals surface area contributed by atoms with Crippen molar-refractivity contribution in [3.05, 3.63) is 60.5 Å². The fraction of sp³-hybridized carbons (Fsp3) is 0.304. The normalized spacial score (nSPS) is 13.4. The van der Waals surface area contributed by atoms with Gasteiger partial charge in [0.2, 0.25) is 17.6 Å². The van der Waals surface area contributed by atoms with Gasteiger partial charge in [0.15, 0.2) is 5.82 Å². The molecule has 0 saturated heterocycles. The summed E-state index contributed by atoms with van der Waals surface area (Å²) in [4.78, 5) is 20.8. The first-order valence-electron chi connectivity index (χ1n) is 10.8. The molecule has 5 rings (SSSR count). The zero-order valence-electron chi connectivity index (χ0n) is 17.6. The number of aromatic nitrogens is 6. The van der Waals surface area contributed by atoms with Gasteiger partial charge in [-0.1, -0.05) is 23.7 Å². The van der Waals surface area contributed by atoms with E-state index in [0.29, 0.717) is 18.1 Å². The molecule has 1 aliphatic rings. The first kappa shape index (κ1) is 20.0. The van der Waals surface area contributed by atoms with Gasteiger partial charge in [-0.15, -0.1) is 10.2 Å². The molecule has 1 aliphatic heterocycles. The van der Waals surface area contributed by atoms with E-state index in [1.807, 2.05) is 36.4 Å². The highest BCUT2D eigenvalue weighted by Crippen LogP contribution is 2.25. The Bertz CT molecular complexity index is 1220. The number of rotatable bonds is 6. The third kappa shape index (κ3) is 4.41. The Kier molecular flexibility index (Phi) is 5.69. The zero-order valence-corrected chi connectivity index (χ0v) is 17.6. The van der Waals surface area contributed by atoms with Gasteiger partial charge in [0.25, 0.3) is 0 Å². The maximum atomic E-state index is 12.5. The van der Waals surface area contributed by atoms with E-state index < -0.39 is 0 Å². The second kappa shape index (κ2) is 9.09. The van der Waals surface area contributed by atoms with Gasteiger partial charge in [0.1, 0.15) is 5.82 Å². The molecule has 9 heteroatoms. The topological polar surface area (TPSA) is 112 Å². The van der Waals surface area contributed by atoms with Crippen molar-refractivity contribution in [3.8, 4) is 22.8 Å². The summed E-state index contributed by atoms with van der Waals surface area (Å²) in [6.45, 7) is 0.930. The molecule has 0 atom stereocenters. The number of hydrogen-bond acceptors (Lipinski definition) is 7. The third-order valence-electron chi connectivity index (χ3n) is 5.49. The van der Waals surface area contributed by atoms with Crippen LogP contribution in [0.3, 0.4) is 0 Å². The number of nitrogens with one attached hydrogen (secondary N) is 1. The number of amides is 1. The second-order valence-corrected chi connectivity index (χ2v) is 7.78. The lowest BCUT2D eigenvalue weighted by molar-refractivity contribution is -0.116. The smallest absolute Gasteiger partial charge is 0.227 e. The molecule has 1 N–H and O–H groups in total. The Morgan fingerprint density at radius 2 is 1.97 bits per heavy atom. The maximum Gasteiger partial charge on any atom is 0.227 e. The minimum Gasteiger partial charge on any atom is -0.339 e. The van der Waals surface area contributed by atoms with Crippen LogP contribution < -0.4 is 5.32 Å². The fourth-order valence-corrected chi connectivity index (χ4v) is 3.85. The monoisotopic (exact) mass is 429 g/mol. The van der Waals surface area contributed by atoms with E-state index in [4.69, 9.17) is 4.52 Å². The molecular formula is C23H23N7O2. The van der Waals surface area contributed by atoms with Gasteiger partial charge in [-0.05, 0) is 37.1 Å². The lowest BCUT2D eigenvalue weighted by Gasteiger charge is -2.09. The average molecular weight is 429 g/mol. The molecule has 1 aromatic carbocycles. The van der Waals surface area contributed by atoms with Crippen LogP contribution in [0, 0.1) is 0 Å². The minimum absolute atomic E-state index is 0.120. The molecule has 1 amide bonds. The van der Waals surface area contributed by atoms with Crippen molar-refractivity contribution in [3.63, 3.8) is 0 Å². The van der Waals surface area contributed by atoms with E-state index in [1.54, 1.807) is 12.4 Å². The molecule has 0 fully saturated rings. The van der Waals surface area contributed by atoms with Crippen LogP contribution in [0.25, 0.3) is 22.8 Å². The quantitative estimate of drug-likeness (QED) is 0.497. The molecule has 3 aromatic heterocycles. The summed E-state index contributed by atoms with van der Waals surface area (Å²) in [6.07, 6.45) is 8.40. The summed E-state index contributed by atoms with van der Waals surface area (Å²) in [5.74, 6) is 2.69. The van der Waals surface area contributed by atoms with Crippen LogP contribution in [-0.2, 0) is 24.2 Å². The van der Waals surface area contributed by atoms with E-state index >= 15 is 0 Å². The summed E-state index contributed by atoms with van der Waals surface area (Å²) < 4.78 is 7.47. The van der Waals surface area contributed by atoms with E-state index in [1.165, 1.54) is 6.42 Å².